The molecule has 0 saturated heterocycles. The maximum Gasteiger partial charge on any atom is 0.268 e. The first-order valence-corrected chi connectivity index (χ1v) is 27.0. The fourth-order valence-corrected chi connectivity index (χ4v) is 8.41. The van der Waals surface area contributed by atoms with Gasteiger partial charge in [-0.1, -0.05) is 219 Å². The molecule has 0 spiro atoms. The van der Waals surface area contributed by atoms with Crippen LogP contribution in [0.1, 0.15) is 251 Å². The molecule has 0 radical (unpaired) electrons. The number of phosphoric acid groups is 1. The van der Waals surface area contributed by atoms with Gasteiger partial charge in [0.05, 0.1) is 39.9 Å². The van der Waals surface area contributed by atoms with E-state index < -0.39 is 20.0 Å². The molecule has 352 valence electrons. The van der Waals surface area contributed by atoms with Crippen LogP contribution in [-0.2, 0) is 18.4 Å². The Balaban J connectivity index is 4.27. The zero-order valence-corrected chi connectivity index (χ0v) is 40.9. The molecule has 0 aromatic carbocycles. The Bertz CT molecular complexity index is 974. The first-order chi connectivity index (χ1) is 28.5. The summed E-state index contributed by atoms with van der Waals surface area (Å²) in [5.74, 6) is -0.170. The van der Waals surface area contributed by atoms with E-state index in [0.29, 0.717) is 23.9 Å². The number of allylic oxidation sites excluding steroid dienone is 2. The molecule has 59 heavy (non-hydrogen) atoms. The van der Waals surface area contributed by atoms with E-state index >= 15 is 0 Å². The van der Waals surface area contributed by atoms with Crippen molar-refractivity contribution in [2.75, 3.05) is 40.9 Å². The van der Waals surface area contributed by atoms with E-state index in [1.54, 1.807) is 0 Å². The minimum Gasteiger partial charge on any atom is -0.756 e. The predicted octanol–water partition coefficient (Wildman–Crippen LogP) is 14.1. The molecule has 0 bridgehead atoms. The number of nitrogens with one attached hydrogen (secondary N) is 1. The topological polar surface area (TPSA) is 108 Å². The summed E-state index contributed by atoms with van der Waals surface area (Å²) in [4.78, 5) is 25.4. The summed E-state index contributed by atoms with van der Waals surface area (Å²) in [5.41, 5.74) is 0. The lowest BCUT2D eigenvalue weighted by Crippen LogP contribution is -2.46. The highest BCUT2D eigenvalue weighted by Crippen LogP contribution is 2.38. The van der Waals surface area contributed by atoms with Gasteiger partial charge in [0.15, 0.2) is 0 Å². The highest BCUT2D eigenvalue weighted by molar-refractivity contribution is 7.45. The smallest absolute Gasteiger partial charge is 0.268 e. The number of likely N-dealkylation sites (N-methyl/N-ethyl adjacent to an activating group) is 1. The molecule has 9 heteroatoms. The maximum atomic E-state index is 12.9. The van der Waals surface area contributed by atoms with Gasteiger partial charge in [0.2, 0.25) is 5.91 Å². The van der Waals surface area contributed by atoms with Crippen LogP contribution in [0.15, 0.2) is 12.2 Å². The fraction of sp³-hybridized carbons (Fsp3) is 0.940. The molecule has 0 aromatic heterocycles. The lowest BCUT2D eigenvalue weighted by atomic mass is 10.0. The molecule has 0 aromatic rings. The number of quaternary nitrogens is 1. The van der Waals surface area contributed by atoms with Gasteiger partial charge in [-0.15, -0.1) is 0 Å². The van der Waals surface area contributed by atoms with Gasteiger partial charge in [-0.05, 0) is 38.5 Å². The largest absolute Gasteiger partial charge is 0.756 e. The van der Waals surface area contributed by atoms with Gasteiger partial charge in [0.25, 0.3) is 7.82 Å². The minimum absolute atomic E-state index is 0.0128. The number of nitrogens with zero attached hydrogens (tertiary/aromatic N) is 1. The maximum absolute atomic E-state index is 12.9. The molecule has 0 heterocycles. The molecule has 0 fully saturated rings. The van der Waals surface area contributed by atoms with Gasteiger partial charge in [-0.2, -0.15) is 0 Å². The van der Waals surface area contributed by atoms with E-state index in [1.807, 2.05) is 21.1 Å². The second-order valence-electron chi connectivity index (χ2n) is 18.9. The highest BCUT2D eigenvalue weighted by Gasteiger charge is 2.24. The number of amides is 1. The number of aliphatic hydroxyl groups excluding tert-OH is 1. The Labute approximate surface area is 367 Å². The lowest BCUT2D eigenvalue weighted by molar-refractivity contribution is -0.870. The molecule has 0 aliphatic rings. The van der Waals surface area contributed by atoms with Crippen LogP contribution in [0.4, 0.5) is 0 Å². The first-order valence-electron chi connectivity index (χ1n) is 25.5. The molecule has 0 saturated carbocycles. The van der Waals surface area contributed by atoms with E-state index in [9.17, 15) is 19.4 Å². The predicted molar refractivity (Wildman–Crippen MR) is 252 cm³/mol. The number of unbranched alkanes of at least 4 members (excludes halogenated alkanes) is 32. The third-order valence-corrected chi connectivity index (χ3v) is 12.7. The van der Waals surface area contributed by atoms with E-state index in [2.05, 4.69) is 31.3 Å². The van der Waals surface area contributed by atoms with Gasteiger partial charge in [0, 0.05) is 6.42 Å². The molecule has 0 aliphatic carbocycles. The molecular weight excluding hydrogens is 756 g/mol. The summed E-state index contributed by atoms with van der Waals surface area (Å²) in [5, 5.41) is 14.0. The Hall–Kier alpha value is -0.760. The summed E-state index contributed by atoms with van der Waals surface area (Å²) >= 11 is 0. The molecule has 3 atom stereocenters. The van der Waals surface area contributed by atoms with Crippen LogP contribution < -0.4 is 10.2 Å². The third kappa shape index (κ3) is 45.1. The number of aliphatic hydroxyl groups is 1. The monoisotopic (exact) mass is 857 g/mol. The van der Waals surface area contributed by atoms with Crippen LogP contribution in [0, 0.1) is 0 Å². The van der Waals surface area contributed by atoms with Crippen LogP contribution in [0.3, 0.4) is 0 Å². The SMILES string of the molecule is CCCCCCCCCCC/C=C\CCCCCCCC(=O)NC(COP(=O)([O-])OCC[N+](C)(C)C)C(O)CCCCCCCCCCCCCCCCCCCCC. The van der Waals surface area contributed by atoms with Crippen molar-refractivity contribution in [1.82, 2.24) is 5.32 Å². The molecular formula is C50H101N2O6P. The quantitative estimate of drug-likeness (QED) is 0.0273. The van der Waals surface area contributed by atoms with Crippen molar-refractivity contribution in [2.45, 2.75) is 264 Å². The second kappa shape index (κ2) is 42.5. The number of hydrogen-bond acceptors (Lipinski definition) is 6. The average Bonchev–Trinajstić information content (AvgIpc) is 3.19. The molecule has 3 unspecified atom stereocenters. The van der Waals surface area contributed by atoms with Crippen LogP contribution >= 0.6 is 7.82 Å². The minimum atomic E-state index is -4.57. The van der Waals surface area contributed by atoms with Crippen molar-refractivity contribution < 1.29 is 32.9 Å². The first kappa shape index (κ1) is 58.2. The van der Waals surface area contributed by atoms with Crippen molar-refractivity contribution in [3.05, 3.63) is 12.2 Å². The van der Waals surface area contributed by atoms with Gasteiger partial charge in [-0.25, -0.2) is 0 Å². The Morgan fingerprint density at radius 2 is 0.932 bits per heavy atom. The molecule has 2 N–H and O–H groups in total. The van der Waals surface area contributed by atoms with Gasteiger partial charge in [-0.3, -0.25) is 9.36 Å². The Kier molecular flexibility index (Phi) is 42.0. The summed E-state index contributed by atoms with van der Waals surface area (Å²) in [7, 11) is 1.31. The van der Waals surface area contributed by atoms with Crippen LogP contribution in [0.2, 0.25) is 0 Å². The number of rotatable bonds is 47. The lowest BCUT2D eigenvalue weighted by Gasteiger charge is -2.30. The average molecular weight is 857 g/mol. The van der Waals surface area contributed by atoms with Crippen LogP contribution in [-0.4, -0.2) is 68.5 Å². The van der Waals surface area contributed by atoms with Crippen LogP contribution in [0.25, 0.3) is 0 Å². The number of carbonyl (C=O) groups excluding carboxylic acids is 1. The van der Waals surface area contributed by atoms with Gasteiger partial charge >= 0.3 is 0 Å². The fourth-order valence-electron chi connectivity index (χ4n) is 7.68. The summed E-state index contributed by atoms with van der Waals surface area (Å²) in [6.07, 6.45) is 49.3. The number of carbonyl (C=O) groups is 1. The molecule has 0 rings (SSSR count). The Morgan fingerprint density at radius 3 is 1.32 bits per heavy atom. The highest BCUT2D eigenvalue weighted by atomic mass is 31.2. The summed E-state index contributed by atoms with van der Waals surface area (Å²) in [6, 6.07) is -0.801. The van der Waals surface area contributed by atoms with Crippen molar-refractivity contribution >= 4 is 13.7 Å². The van der Waals surface area contributed by atoms with Gasteiger partial charge < -0.3 is 28.8 Å². The van der Waals surface area contributed by atoms with E-state index in [0.717, 1.165) is 51.4 Å². The van der Waals surface area contributed by atoms with Crippen molar-refractivity contribution in [2.24, 2.45) is 0 Å². The number of phosphoric ester groups is 1. The molecule has 8 nitrogen and oxygen atoms in total. The standard InChI is InChI=1S/C50H101N2O6P/c1-6-8-10-12-14-16-18-20-22-24-26-27-29-31-33-35-37-39-41-43-49(53)48(47-58-59(55,56)57-46-45-52(3,4)5)51-50(54)44-42-40-38-36-34-32-30-28-25-23-21-19-17-15-13-11-9-7-2/h28,30,48-49,53H,6-27,29,31-47H2,1-5H3,(H-,51,54,55,56)/b30-28-. The normalized spacial score (nSPS) is 14.2. The zero-order chi connectivity index (χ0) is 43.6. The Morgan fingerprint density at radius 1 is 0.576 bits per heavy atom. The third-order valence-electron chi connectivity index (χ3n) is 11.8. The second-order valence-corrected chi connectivity index (χ2v) is 20.3. The van der Waals surface area contributed by atoms with Gasteiger partial charge in [0.1, 0.15) is 13.2 Å². The van der Waals surface area contributed by atoms with Crippen molar-refractivity contribution in [1.29, 1.82) is 0 Å². The van der Waals surface area contributed by atoms with Crippen molar-refractivity contribution in [3.8, 4) is 0 Å². The van der Waals surface area contributed by atoms with E-state index in [4.69, 9.17) is 9.05 Å². The number of hydrogen-bond donors (Lipinski definition) is 2. The van der Waals surface area contributed by atoms with E-state index in [1.165, 1.54) is 173 Å². The molecule has 0 aliphatic heterocycles. The molecule has 1 amide bonds. The summed E-state index contributed by atoms with van der Waals surface area (Å²) in [6.45, 7) is 4.74. The van der Waals surface area contributed by atoms with Crippen molar-refractivity contribution in [3.63, 3.8) is 0 Å². The summed E-state index contributed by atoms with van der Waals surface area (Å²) < 4.78 is 23.3. The van der Waals surface area contributed by atoms with Crippen LogP contribution in [0.5, 0.6) is 0 Å². The van der Waals surface area contributed by atoms with E-state index in [-0.39, 0.29) is 19.1 Å². The zero-order valence-electron chi connectivity index (χ0n) is 40.0.